The highest BCUT2D eigenvalue weighted by atomic mass is 16.5. The SMILES string of the molecule is COCCNC(=O)CCNc1ccc(N)cc1C(=O)O. The van der Waals surface area contributed by atoms with E-state index in [9.17, 15) is 9.59 Å². The lowest BCUT2D eigenvalue weighted by Gasteiger charge is -2.10. The molecule has 1 aromatic carbocycles. The van der Waals surface area contributed by atoms with Gasteiger partial charge in [0.25, 0.3) is 0 Å². The van der Waals surface area contributed by atoms with Crippen LogP contribution in [-0.2, 0) is 9.53 Å². The monoisotopic (exact) mass is 281 g/mol. The molecule has 0 aliphatic carbocycles. The van der Waals surface area contributed by atoms with E-state index in [1.165, 1.54) is 6.07 Å². The van der Waals surface area contributed by atoms with Crippen molar-refractivity contribution >= 4 is 23.3 Å². The maximum atomic E-state index is 11.4. The average molecular weight is 281 g/mol. The maximum Gasteiger partial charge on any atom is 0.337 e. The summed E-state index contributed by atoms with van der Waals surface area (Å²) in [5.74, 6) is -1.19. The van der Waals surface area contributed by atoms with Crippen LogP contribution in [-0.4, -0.2) is 43.8 Å². The minimum absolute atomic E-state index is 0.0878. The van der Waals surface area contributed by atoms with Gasteiger partial charge in [-0.1, -0.05) is 0 Å². The van der Waals surface area contributed by atoms with Crippen LogP contribution < -0.4 is 16.4 Å². The van der Waals surface area contributed by atoms with Crippen molar-refractivity contribution in [3.63, 3.8) is 0 Å². The zero-order valence-corrected chi connectivity index (χ0v) is 11.3. The summed E-state index contributed by atoms with van der Waals surface area (Å²) in [6.45, 7) is 1.25. The fourth-order valence-corrected chi connectivity index (χ4v) is 1.58. The number of aromatic carboxylic acids is 1. The Morgan fingerprint density at radius 3 is 2.75 bits per heavy atom. The molecule has 0 fully saturated rings. The van der Waals surface area contributed by atoms with Gasteiger partial charge in [0.1, 0.15) is 0 Å². The van der Waals surface area contributed by atoms with Crippen LogP contribution in [0.1, 0.15) is 16.8 Å². The van der Waals surface area contributed by atoms with Crippen molar-refractivity contribution in [3.8, 4) is 0 Å². The summed E-state index contributed by atoms with van der Waals surface area (Å²) in [4.78, 5) is 22.5. The quantitative estimate of drug-likeness (QED) is 0.408. The Labute approximate surface area is 117 Å². The van der Waals surface area contributed by atoms with Crippen molar-refractivity contribution in [2.24, 2.45) is 0 Å². The van der Waals surface area contributed by atoms with Gasteiger partial charge in [-0.3, -0.25) is 4.79 Å². The smallest absolute Gasteiger partial charge is 0.337 e. The molecule has 1 amide bonds. The largest absolute Gasteiger partial charge is 0.478 e. The average Bonchev–Trinajstić information content (AvgIpc) is 2.40. The molecule has 1 rings (SSSR count). The first-order chi connectivity index (χ1) is 9.54. The lowest BCUT2D eigenvalue weighted by Crippen LogP contribution is -2.28. The number of nitrogens with two attached hydrogens (primary N) is 1. The van der Waals surface area contributed by atoms with E-state index < -0.39 is 5.97 Å². The first-order valence-corrected chi connectivity index (χ1v) is 6.17. The second-order valence-electron chi connectivity index (χ2n) is 4.13. The molecule has 5 N–H and O–H groups in total. The van der Waals surface area contributed by atoms with Crippen molar-refractivity contribution < 1.29 is 19.4 Å². The van der Waals surface area contributed by atoms with Crippen LogP contribution in [0.15, 0.2) is 18.2 Å². The van der Waals surface area contributed by atoms with Gasteiger partial charge >= 0.3 is 5.97 Å². The van der Waals surface area contributed by atoms with Crippen LogP contribution in [0, 0.1) is 0 Å². The summed E-state index contributed by atoms with van der Waals surface area (Å²) < 4.78 is 4.81. The summed E-state index contributed by atoms with van der Waals surface area (Å²) in [5, 5.41) is 14.6. The van der Waals surface area contributed by atoms with Crippen LogP contribution in [0.25, 0.3) is 0 Å². The minimum atomic E-state index is -1.07. The van der Waals surface area contributed by atoms with Gasteiger partial charge in [-0.05, 0) is 18.2 Å². The molecule has 7 nitrogen and oxygen atoms in total. The molecular weight excluding hydrogens is 262 g/mol. The molecule has 1 aromatic rings. The molecule has 0 aliphatic heterocycles. The zero-order chi connectivity index (χ0) is 15.0. The Balaban J connectivity index is 2.46. The molecule has 0 saturated carbocycles. The number of hydrogen-bond donors (Lipinski definition) is 4. The molecular formula is C13H19N3O4. The highest BCUT2D eigenvalue weighted by Gasteiger charge is 2.10. The molecule has 0 aliphatic rings. The van der Waals surface area contributed by atoms with Crippen LogP contribution in [0.2, 0.25) is 0 Å². The predicted molar refractivity (Wildman–Crippen MR) is 75.8 cm³/mol. The van der Waals surface area contributed by atoms with Gasteiger partial charge in [-0.2, -0.15) is 0 Å². The van der Waals surface area contributed by atoms with E-state index in [4.69, 9.17) is 15.6 Å². The molecule has 110 valence electrons. The van der Waals surface area contributed by atoms with Crippen LogP contribution in [0.3, 0.4) is 0 Å². The van der Waals surface area contributed by atoms with Gasteiger partial charge in [0, 0.05) is 38.0 Å². The molecule has 0 aromatic heterocycles. The third-order valence-corrected chi connectivity index (χ3v) is 2.57. The van der Waals surface area contributed by atoms with Crippen molar-refractivity contribution in [1.29, 1.82) is 0 Å². The molecule has 0 bridgehead atoms. The predicted octanol–water partition coefficient (Wildman–Crippen LogP) is 0.532. The summed E-state index contributed by atoms with van der Waals surface area (Å²) in [5.41, 5.74) is 6.45. The van der Waals surface area contributed by atoms with E-state index in [2.05, 4.69) is 10.6 Å². The summed E-state index contributed by atoms with van der Waals surface area (Å²) in [7, 11) is 1.56. The third-order valence-electron chi connectivity index (χ3n) is 2.57. The van der Waals surface area contributed by atoms with Crippen molar-refractivity contribution in [2.75, 3.05) is 37.9 Å². The number of carbonyl (C=O) groups excluding carboxylic acids is 1. The first kappa shape index (κ1) is 15.8. The second-order valence-corrected chi connectivity index (χ2v) is 4.13. The maximum absolute atomic E-state index is 11.4. The number of nitrogens with one attached hydrogen (secondary N) is 2. The first-order valence-electron chi connectivity index (χ1n) is 6.17. The number of benzene rings is 1. The summed E-state index contributed by atoms with van der Waals surface area (Å²) >= 11 is 0. The number of carboxylic acids is 1. The molecule has 0 unspecified atom stereocenters. The number of rotatable bonds is 8. The Kier molecular flexibility index (Phi) is 6.31. The third kappa shape index (κ3) is 5.15. The number of amides is 1. The number of nitrogen functional groups attached to an aromatic ring is 1. The molecule has 0 atom stereocenters. The normalized spacial score (nSPS) is 10.1. The van der Waals surface area contributed by atoms with E-state index in [1.807, 2.05) is 0 Å². The molecule has 0 spiro atoms. The number of anilines is 2. The van der Waals surface area contributed by atoms with E-state index >= 15 is 0 Å². The van der Waals surface area contributed by atoms with Gasteiger partial charge < -0.3 is 26.2 Å². The number of ether oxygens (including phenoxy) is 1. The fourth-order valence-electron chi connectivity index (χ4n) is 1.58. The molecule has 0 heterocycles. The van der Waals surface area contributed by atoms with E-state index in [-0.39, 0.29) is 17.9 Å². The molecule has 7 heteroatoms. The Morgan fingerprint density at radius 2 is 2.10 bits per heavy atom. The van der Waals surface area contributed by atoms with Crippen LogP contribution in [0.5, 0.6) is 0 Å². The lowest BCUT2D eigenvalue weighted by atomic mass is 10.1. The van der Waals surface area contributed by atoms with Gasteiger partial charge in [-0.15, -0.1) is 0 Å². The fraction of sp³-hybridized carbons (Fsp3) is 0.385. The van der Waals surface area contributed by atoms with Gasteiger partial charge in [0.15, 0.2) is 0 Å². The Morgan fingerprint density at radius 1 is 1.35 bits per heavy atom. The number of hydrogen-bond acceptors (Lipinski definition) is 5. The number of carbonyl (C=O) groups is 2. The van der Waals surface area contributed by atoms with Crippen LogP contribution >= 0.6 is 0 Å². The lowest BCUT2D eigenvalue weighted by molar-refractivity contribution is -0.121. The number of carboxylic acid groups (broad SMARTS) is 1. The topological polar surface area (TPSA) is 114 Å². The van der Waals surface area contributed by atoms with Gasteiger partial charge in [0.05, 0.1) is 12.2 Å². The minimum Gasteiger partial charge on any atom is -0.478 e. The van der Waals surface area contributed by atoms with Crippen molar-refractivity contribution in [1.82, 2.24) is 5.32 Å². The van der Waals surface area contributed by atoms with Crippen LogP contribution in [0.4, 0.5) is 11.4 Å². The molecule has 20 heavy (non-hydrogen) atoms. The van der Waals surface area contributed by atoms with Gasteiger partial charge in [0.2, 0.25) is 5.91 Å². The summed E-state index contributed by atoms with van der Waals surface area (Å²) in [6, 6.07) is 4.57. The van der Waals surface area contributed by atoms with E-state index in [1.54, 1.807) is 19.2 Å². The zero-order valence-electron chi connectivity index (χ0n) is 11.3. The number of methoxy groups -OCH3 is 1. The van der Waals surface area contributed by atoms with Crippen molar-refractivity contribution in [2.45, 2.75) is 6.42 Å². The van der Waals surface area contributed by atoms with Gasteiger partial charge in [-0.25, -0.2) is 4.79 Å². The Hall–Kier alpha value is -2.28. The molecule has 0 radical (unpaired) electrons. The standard InChI is InChI=1S/C13H19N3O4/c1-20-7-6-16-12(17)4-5-15-11-3-2-9(14)8-10(11)13(18)19/h2-3,8,15H,4-7,14H2,1H3,(H,16,17)(H,18,19). The highest BCUT2D eigenvalue weighted by Crippen LogP contribution is 2.18. The molecule has 0 saturated heterocycles. The Bertz CT molecular complexity index is 477. The van der Waals surface area contributed by atoms with Crippen molar-refractivity contribution in [3.05, 3.63) is 23.8 Å². The second kappa shape index (κ2) is 8.00. The highest BCUT2D eigenvalue weighted by molar-refractivity contribution is 5.95. The van der Waals surface area contributed by atoms with E-state index in [0.717, 1.165) is 0 Å². The van der Waals surface area contributed by atoms with E-state index in [0.29, 0.717) is 31.1 Å². The summed E-state index contributed by atoms with van der Waals surface area (Å²) in [6.07, 6.45) is 0.243.